The van der Waals surface area contributed by atoms with Gasteiger partial charge in [0.1, 0.15) is 0 Å². The Labute approximate surface area is 107 Å². The summed E-state index contributed by atoms with van der Waals surface area (Å²) in [6.07, 6.45) is 10.1. The normalized spacial score (nSPS) is 32.1. The molecule has 2 heteroatoms. The summed E-state index contributed by atoms with van der Waals surface area (Å²) in [7, 11) is 0. The molecule has 0 amide bonds. The van der Waals surface area contributed by atoms with Crippen molar-refractivity contribution >= 4 is 0 Å². The molecule has 1 aliphatic carbocycles. The summed E-state index contributed by atoms with van der Waals surface area (Å²) >= 11 is 0. The fourth-order valence-corrected chi connectivity index (χ4v) is 3.76. The number of hydrogen-bond acceptors (Lipinski definition) is 2. The summed E-state index contributed by atoms with van der Waals surface area (Å²) in [5.74, 6) is 1.02. The van der Waals surface area contributed by atoms with Gasteiger partial charge in [-0.25, -0.2) is 0 Å². The molecule has 2 aliphatic rings. The van der Waals surface area contributed by atoms with Crippen LogP contribution in [0.15, 0.2) is 0 Å². The minimum absolute atomic E-state index is 0.663. The Morgan fingerprint density at radius 1 is 1.18 bits per heavy atom. The molecule has 0 radical (unpaired) electrons. The third kappa shape index (κ3) is 3.69. The van der Waals surface area contributed by atoms with Crippen LogP contribution in [0.2, 0.25) is 0 Å². The Morgan fingerprint density at radius 2 is 1.94 bits per heavy atom. The summed E-state index contributed by atoms with van der Waals surface area (Å²) in [6, 6.07) is 1.58. The largest absolute Gasteiger partial charge is 0.313 e. The van der Waals surface area contributed by atoms with E-state index in [0.29, 0.717) is 6.04 Å². The van der Waals surface area contributed by atoms with Gasteiger partial charge in [-0.05, 0) is 58.0 Å². The summed E-state index contributed by atoms with van der Waals surface area (Å²) in [4.78, 5) is 2.79. The molecule has 2 fully saturated rings. The van der Waals surface area contributed by atoms with Crippen molar-refractivity contribution in [2.45, 2.75) is 70.9 Å². The predicted molar refractivity (Wildman–Crippen MR) is 74.3 cm³/mol. The zero-order valence-electron chi connectivity index (χ0n) is 11.8. The van der Waals surface area contributed by atoms with E-state index < -0.39 is 0 Å². The number of nitrogens with one attached hydrogen (secondary N) is 1. The molecule has 0 aromatic rings. The highest BCUT2D eigenvalue weighted by Crippen LogP contribution is 2.35. The first kappa shape index (κ1) is 13.4. The molecule has 1 saturated heterocycles. The number of fused-ring (bicyclic) bond motifs is 1. The molecule has 1 heterocycles. The van der Waals surface area contributed by atoms with Crippen LogP contribution in [-0.2, 0) is 0 Å². The van der Waals surface area contributed by atoms with Crippen LogP contribution in [0.5, 0.6) is 0 Å². The van der Waals surface area contributed by atoms with Crippen LogP contribution in [0.25, 0.3) is 0 Å². The quantitative estimate of drug-likeness (QED) is 0.792. The van der Waals surface area contributed by atoms with Gasteiger partial charge in [0.15, 0.2) is 0 Å². The lowest BCUT2D eigenvalue weighted by Gasteiger charge is -2.45. The molecule has 100 valence electrons. The Balaban J connectivity index is 1.81. The lowest BCUT2D eigenvalue weighted by atomic mass is 9.78. The van der Waals surface area contributed by atoms with Gasteiger partial charge in [-0.1, -0.05) is 19.8 Å². The fraction of sp³-hybridized carbons (Fsp3) is 1.00. The molecule has 0 bridgehead atoms. The summed E-state index contributed by atoms with van der Waals surface area (Å²) in [5.41, 5.74) is 0. The Bertz CT molecular complexity index is 215. The van der Waals surface area contributed by atoms with Crippen molar-refractivity contribution in [1.82, 2.24) is 10.2 Å². The number of piperidine rings is 1. The second-order valence-electron chi connectivity index (χ2n) is 6.10. The Hall–Kier alpha value is -0.0800. The van der Waals surface area contributed by atoms with E-state index >= 15 is 0 Å². The Kier molecular flexibility index (Phi) is 5.30. The summed E-state index contributed by atoms with van der Waals surface area (Å²) < 4.78 is 0. The SMILES string of the molecule is CCCNC(C)CN1CCCC2CCCCC21. The molecule has 2 rings (SSSR count). The first-order chi connectivity index (χ1) is 8.31. The monoisotopic (exact) mass is 238 g/mol. The minimum Gasteiger partial charge on any atom is -0.313 e. The molecular formula is C15H30N2. The first-order valence-corrected chi connectivity index (χ1v) is 7.78. The molecule has 0 aromatic carbocycles. The second-order valence-corrected chi connectivity index (χ2v) is 6.10. The minimum atomic E-state index is 0.663. The molecule has 1 aliphatic heterocycles. The van der Waals surface area contributed by atoms with Crippen LogP contribution in [0.4, 0.5) is 0 Å². The fourth-order valence-electron chi connectivity index (χ4n) is 3.76. The molecular weight excluding hydrogens is 208 g/mol. The van der Waals surface area contributed by atoms with Crippen LogP contribution >= 0.6 is 0 Å². The molecule has 2 nitrogen and oxygen atoms in total. The average molecular weight is 238 g/mol. The summed E-state index contributed by atoms with van der Waals surface area (Å²) in [6.45, 7) is 8.38. The predicted octanol–water partition coefficient (Wildman–Crippen LogP) is 3.03. The average Bonchev–Trinajstić information content (AvgIpc) is 2.37. The van der Waals surface area contributed by atoms with Gasteiger partial charge in [0.2, 0.25) is 0 Å². The van der Waals surface area contributed by atoms with E-state index in [1.54, 1.807) is 0 Å². The zero-order valence-corrected chi connectivity index (χ0v) is 11.8. The maximum Gasteiger partial charge on any atom is 0.0166 e. The number of nitrogens with zero attached hydrogens (tertiary/aromatic N) is 1. The second kappa shape index (κ2) is 6.75. The highest BCUT2D eigenvalue weighted by atomic mass is 15.2. The standard InChI is InChI=1S/C15H30N2/c1-3-10-16-13(2)12-17-11-6-8-14-7-4-5-9-15(14)17/h13-16H,3-12H2,1-2H3. The van der Waals surface area contributed by atoms with E-state index in [1.807, 2.05) is 0 Å². The van der Waals surface area contributed by atoms with Crippen LogP contribution in [0.1, 0.15) is 58.8 Å². The third-order valence-electron chi connectivity index (χ3n) is 4.61. The van der Waals surface area contributed by atoms with Gasteiger partial charge in [-0.15, -0.1) is 0 Å². The van der Waals surface area contributed by atoms with Crippen LogP contribution in [-0.4, -0.2) is 36.6 Å². The van der Waals surface area contributed by atoms with E-state index in [1.165, 1.54) is 64.6 Å². The van der Waals surface area contributed by atoms with E-state index in [0.717, 1.165) is 12.0 Å². The van der Waals surface area contributed by atoms with Crippen LogP contribution in [0.3, 0.4) is 0 Å². The van der Waals surface area contributed by atoms with Crippen molar-refractivity contribution in [1.29, 1.82) is 0 Å². The van der Waals surface area contributed by atoms with Gasteiger partial charge in [-0.3, -0.25) is 4.90 Å². The first-order valence-electron chi connectivity index (χ1n) is 7.78. The van der Waals surface area contributed by atoms with E-state index in [2.05, 4.69) is 24.1 Å². The Morgan fingerprint density at radius 3 is 2.76 bits per heavy atom. The van der Waals surface area contributed by atoms with Gasteiger partial charge < -0.3 is 5.32 Å². The van der Waals surface area contributed by atoms with Gasteiger partial charge in [0, 0.05) is 18.6 Å². The highest BCUT2D eigenvalue weighted by molar-refractivity contribution is 4.88. The molecule has 3 atom stereocenters. The third-order valence-corrected chi connectivity index (χ3v) is 4.61. The number of hydrogen-bond donors (Lipinski definition) is 1. The smallest absolute Gasteiger partial charge is 0.0166 e. The van der Waals surface area contributed by atoms with Gasteiger partial charge in [-0.2, -0.15) is 0 Å². The number of likely N-dealkylation sites (tertiary alicyclic amines) is 1. The molecule has 3 unspecified atom stereocenters. The van der Waals surface area contributed by atoms with E-state index in [4.69, 9.17) is 0 Å². The number of rotatable bonds is 5. The molecule has 17 heavy (non-hydrogen) atoms. The molecule has 0 spiro atoms. The maximum absolute atomic E-state index is 3.63. The van der Waals surface area contributed by atoms with Crippen molar-refractivity contribution in [2.75, 3.05) is 19.6 Å². The zero-order chi connectivity index (χ0) is 12.1. The van der Waals surface area contributed by atoms with E-state index in [-0.39, 0.29) is 0 Å². The van der Waals surface area contributed by atoms with Crippen LogP contribution < -0.4 is 5.32 Å². The van der Waals surface area contributed by atoms with Gasteiger partial charge >= 0.3 is 0 Å². The lowest BCUT2D eigenvalue weighted by molar-refractivity contribution is 0.0545. The van der Waals surface area contributed by atoms with Crippen molar-refractivity contribution in [3.63, 3.8) is 0 Å². The highest BCUT2D eigenvalue weighted by Gasteiger charge is 2.33. The topological polar surface area (TPSA) is 15.3 Å². The van der Waals surface area contributed by atoms with Crippen molar-refractivity contribution < 1.29 is 0 Å². The van der Waals surface area contributed by atoms with Crippen molar-refractivity contribution in [2.24, 2.45) is 5.92 Å². The molecule has 1 saturated carbocycles. The van der Waals surface area contributed by atoms with E-state index in [9.17, 15) is 0 Å². The van der Waals surface area contributed by atoms with Crippen LogP contribution in [0, 0.1) is 5.92 Å². The van der Waals surface area contributed by atoms with Gasteiger partial charge in [0.25, 0.3) is 0 Å². The van der Waals surface area contributed by atoms with Gasteiger partial charge in [0.05, 0.1) is 0 Å². The lowest BCUT2D eigenvalue weighted by Crippen LogP contribution is -2.51. The van der Waals surface area contributed by atoms with Crippen molar-refractivity contribution in [3.8, 4) is 0 Å². The summed E-state index contributed by atoms with van der Waals surface area (Å²) in [5, 5.41) is 3.63. The van der Waals surface area contributed by atoms with Crippen molar-refractivity contribution in [3.05, 3.63) is 0 Å². The maximum atomic E-state index is 3.63. The molecule has 0 aromatic heterocycles. The molecule has 1 N–H and O–H groups in total.